The van der Waals surface area contributed by atoms with Crippen LogP contribution < -0.4 is 16.0 Å². The van der Waals surface area contributed by atoms with Gasteiger partial charge in [-0.3, -0.25) is 44.2 Å². The fourth-order valence-electron chi connectivity index (χ4n) is 3.21. The minimum atomic E-state index is -1.56. The lowest BCUT2D eigenvalue weighted by atomic mass is 10.1. The molecule has 0 radical (unpaired) electrons. The Bertz CT molecular complexity index is 1380. The highest BCUT2D eigenvalue weighted by Gasteiger charge is 2.26. The van der Waals surface area contributed by atoms with Crippen molar-refractivity contribution < 1.29 is 48.8 Å². The highest BCUT2D eigenvalue weighted by Crippen LogP contribution is 2.18. The van der Waals surface area contributed by atoms with Crippen LogP contribution in [0.1, 0.15) is 33.6 Å². The summed E-state index contributed by atoms with van der Waals surface area (Å²) in [6, 6.07) is 5.96. The number of non-ortho nitro benzene ring substituents is 2. The lowest BCUT2D eigenvalue weighted by Crippen LogP contribution is -2.50. The molecule has 18 heteroatoms. The molecular formula is C24H23N5O12S. The molecule has 2 atom stereocenters. The number of rotatable bonds is 15. The van der Waals surface area contributed by atoms with Crippen LogP contribution in [0, 0.1) is 20.2 Å². The van der Waals surface area contributed by atoms with E-state index in [-0.39, 0.29) is 28.3 Å². The number of carboxylic acids is 2. The number of nitrogens with one attached hydrogen (secondary N) is 3. The van der Waals surface area contributed by atoms with Gasteiger partial charge in [-0.2, -0.15) is 0 Å². The summed E-state index contributed by atoms with van der Waals surface area (Å²) in [5.74, 6) is -5.91. The van der Waals surface area contributed by atoms with Crippen molar-refractivity contribution in [2.24, 2.45) is 0 Å². The first-order valence-electron chi connectivity index (χ1n) is 11.8. The van der Waals surface area contributed by atoms with Gasteiger partial charge >= 0.3 is 11.9 Å². The van der Waals surface area contributed by atoms with E-state index in [2.05, 4.69) is 16.0 Å². The van der Waals surface area contributed by atoms with Crippen molar-refractivity contribution in [2.75, 3.05) is 12.3 Å². The lowest BCUT2D eigenvalue weighted by Gasteiger charge is -2.19. The number of amides is 3. The number of nitrogens with zero attached hydrogens (tertiary/aromatic N) is 2. The second-order valence-electron chi connectivity index (χ2n) is 8.34. The maximum Gasteiger partial charge on any atom is 0.326 e. The Kier molecular flexibility index (Phi) is 12.0. The molecule has 5 N–H and O–H groups in total. The van der Waals surface area contributed by atoms with Crippen LogP contribution in [0.15, 0.2) is 48.5 Å². The van der Waals surface area contributed by atoms with E-state index < -0.39 is 76.1 Å². The summed E-state index contributed by atoms with van der Waals surface area (Å²) >= 11 is 0.569. The van der Waals surface area contributed by atoms with Gasteiger partial charge in [0.25, 0.3) is 17.3 Å². The molecule has 2 rings (SSSR count). The Labute approximate surface area is 240 Å². The van der Waals surface area contributed by atoms with Crippen LogP contribution in [0.25, 0.3) is 0 Å². The maximum absolute atomic E-state index is 12.6. The largest absolute Gasteiger partial charge is 0.480 e. The number of carbonyl (C=O) groups excluding carboxylic acids is 4. The fraction of sp³-hybridized carbons (Fsp3) is 0.250. The molecule has 17 nitrogen and oxygen atoms in total. The molecule has 0 aliphatic heterocycles. The van der Waals surface area contributed by atoms with E-state index in [1.54, 1.807) is 0 Å². The van der Waals surface area contributed by atoms with Crippen molar-refractivity contribution in [3.8, 4) is 0 Å². The first kappa shape index (κ1) is 32.8. The zero-order chi connectivity index (χ0) is 31.4. The van der Waals surface area contributed by atoms with E-state index >= 15 is 0 Å². The number of nitro benzene ring substituents is 2. The predicted molar refractivity (Wildman–Crippen MR) is 144 cm³/mol. The van der Waals surface area contributed by atoms with Crippen molar-refractivity contribution in [3.63, 3.8) is 0 Å². The quantitative estimate of drug-likeness (QED) is 0.139. The molecule has 0 spiro atoms. The minimum absolute atomic E-state index is 0.0645. The van der Waals surface area contributed by atoms with Crippen molar-refractivity contribution in [2.45, 2.75) is 24.9 Å². The Morgan fingerprint density at radius 3 is 1.79 bits per heavy atom. The van der Waals surface area contributed by atoms with Gasteiger partial charge in [0.15, 0.2) is 0 Å². The van der Waals surface area contributed by atoms with Crippen LogP contribution in [0.2, 0.25) is 0 Å². The van der Waals surface area contributed by atoms with E-state index in [1.165, 1.54) is 12.1 Å². The lowest BCUT2D eigenvalue weighted by molar-refractivity contribution is -0.385. The number of thioether (sulfide) groups is 1. The molecule has 0 saturated heterocycles. The molecule has 42 heavy (non-hydrogen) atoms. The van der Waals surface area contributed by atoms with E-state index in [9.17, 15) is 54.1 Å². The third-order valence-electron chi connectivity index (χ3n) is 5.36. The van der Waals surface area contributed by atoms with Gasteiger partial charge in [0, 0.05) is 47.6 Å². The second kappa shape index (κ2) is 15.4. The average molecular weight is 606 g/mol. The molecule has 2 aromatic carbocycles. The number of hydrogen-bond acceptors (Lipinski definition) is 11. The summed E-state index contributed by atoms with van der Waals surface area (Å²) < 4.78 is 0. The first-order chi connectivity index (χ1) is 19.8. The number of aliphatic carboxylic acids is 2. The van der Waals surface area contributed by atoms with E-state index in [0.29, 0.717) is 11.8 Å². The summed E-state index contributed by atoms with van der Waals surface area (Å²) in [5, 5.41) is 45.8. The van der Waals surface area contributed by atoms with Crippen LogP contribution in [0.5, 0.6) is 0 Å². The molecule has 2 aromatic rings. The second-order valence-corrected chi connectivity index (χ2v) is 9.33. The molecule has 3 amide bonds. The monoisotopic (exact) mass is 605 g/mol. The van der Waals surface area contributed by atoms with Gasteiger partial charge < -0.3 is 26.2 Å². The number of carboxylic acid groups (broad SMARTS) is 2. The maximum atomic E-state index is 12.6. The van der Waals surface area contributed by atoms with Crippen molar-refractivity contribution in [1.82, 2.24) is 16.0 Å². The van der Waals surface area contributed by atoms with Crippen LogP contribution in [0.4, 0.5) is 11.4 Å². The topological polar surface area (TPSA) is 265 Å². The molecule has 0 aromatic heterocycles. The van der Waals surface area contributed by atoms with Crippen molar-refractivity contribution >= 4 is 57.9 Å². The molecule has 0 aliphatic carbocycles. The Balaban J connectivity index is 2.02. The van der Waals surface area contributed by atoms with E-state index in [1.807, 2.05) is 0 Å². The van der Waals surface area contributed by atoms with E-state index in [0.717, 1.165) is 36.4 Å². The summed E-state index contributed by atoms with van der Waals surface area (Å²) in [5.41, 5.74) is -0.540. The molecule has 0 unspecified atom stereocenters. The highest BCUT2D eigenvalue weighted by atomic mass is 32.2. The van der Waals surface area contributed by atoms with Gasteiger partial charge in [-0.1, -0.05) is 11.8 Å². The van der Waals surface area contributed by atoms with Gasteiger partial charge in [-0.25, -0.2) is 4.79 Å². The normalized spacial score (nSPS) is 11.8. The third-order valence-corrected chi connectivity index (χ3v) is 6.36. The molecule has 0 bridgehead atoms. The Morgan fingerprint density at radius 1 is 0.786 bits per heavy atom. The first-order valence-corrected chi connectivity index (χ1v) is 12.8. The minimum Gasteiger partial charge on any atom is -0.480 e. The Morgan fingerprint density at radius 2 is 1.31 bits per heavy atom. The summed E-state index contributed by atoms with van der Waals surface area (Å²) in [7, 11) is 0. The van der Waals surface area contributed by atoms with Gasteiger partial charge in [0.1, 0.15) is 18.6 Å². The van der Waals surface area contributed by atoms with Gasteiger partial charge in [-0.15, -0.1) is 0 Å². The fourth-order valence-corrected chi connectivity index (χ4v) is 4.06. The predicted octanol–water partition coefficient (Wildman–Crippen LogP) is 0.725. The number of benzene rings is 2. The van der Waals surface area contributed by atoms with Crippen LogP contribution in [-0.2, 0) is 19.2 Å². The van der Waals surface area contributed by atoms with Crippen molar-refractivity contribution in [1.29, 1.82) is 0 Å². The summed E-state index contributed by atoms with van der Waals surface area (Å²) in [6.45, 7) is -0.790. The number of carbonyl (C=O) groups is 6. The number of nitro groups is 2. The van der Waals surface area contributed by atoms with Crippen LogP contribution >= 0.6 is 11.8 Å². The molecular weight excluding hydrogens is 582 g/mol. The smallest absolute Gasteiger partial charge is 0.326 e. The molecule has 0 aliphatic rings. The zero-order valence-corrected chi connectivity index (χ0v) is 22.2. The van der Waals surface area contributed by atoms with Gasteiger partial charge in [0.2, 0.25) is 16.9 Å². The highest BCUT2D eigenvalue weighted by molar-refractivity contribution is 8.14. The third kappa shape index (κ3) is 10.3. The number of hydrogen-bond donors (Lipinski definition) is 5. The van der Waals surface area contributed by atoms with E-state index in [4.69, 9.17) is 5.11 Å². The molecule has 0 fully saturated rings. The van der Waals surface area contributed by atoms with Gasteiger partial charge in [0.05, 0.1) is 9.85 Å². The molecule has 0 saturated carbocycles. The molecule has 222 valence electrons. The van der Waals surface area contributed by atoms with Crippen LogP contribution in [0.3, 0.4) is 0 Å². The zero-order valence-electron chi connectivity index (χ0n) is 21.4. The standard InChI is InChI=1S/C24H23N5O12S/c30-19(10-9-17(23(35)36)27-21(33)13-1-5-15(6-2-13)28(38)39)26-18(22(34)25-11-20(31)32)12-42-24(37)14-3-7-16(8-4-14)29(40)41/h1-8,17-18H,9-12H2,(H,25,34)(H,26,30)(H,27,33)(H,31,32)(H,35,36)/t17-,18-/m0/s1. The summed E-state index contributed by atoms with van der Waals surface area (Å²) in [4.78, 5) is 92.6. The van der Waals surface area contributed by atoms with Gasteiger partial charge in [-0.05, 0) is 30.7 Å². The van der Waals surface area contributed by atoms with Crippen LogP contribution in [-0.4, -0.2) is 79.2 Å². The average Bonchev–Trinajstić information content (AvgIpc) is 2.95. The summed E-state index contributed by atoms with van der Waals surface area (Å²) in [6.07, 6.45) is -0.945. The Hall–Kier alpha value is -5.39. The SMILES string of the molecule is O=C(O)CNC(=O)[C@H](CSC(=O)c1ccc([N+](=O)[O-])cc1)NC(=O)CC[C@H](NC(=O)c1ccc([N+](=O)[O-])cc1)C(=O)O. The molecule has 0 heterocycles. The van der Waals surface area contributed by atoms with Crippen molar-refractivity contribution in [3.05, 3.63) is 79.9 Å².